The Hall–Kier alpha value is -1.97. The number of carbonyl (C=O) groups is 1. The first-order valence-corrected chi connectivity index (χ1v) is 7.46. The van der Waals surface area contributed by atoms with Crippen molar-refractivity contribution in [1.29, 1.82) is 0 Å². The van der Waals surface area contributed by atoms with Gasteiger partial charge in [0.05, 0.1) is 0 Å². The zero-order chi connectivity index (χ0) is 16.3. The molecule has 0 aliphatic rings. The first-order valence-electron chi connectivity index (χ1n) is 7.46. The Morgan fingerprint density at radius 2 is 1.73 bits per heavy atom. The summed E-state index contributed by atoms with van der Waals surface area (Å²) in [4.78, 5) is 12.8. The minimum absolute atomic E-state index is 0.225. The maximum atomic E-state index is 12.8. The number of benzene rings is 2. The van der Waals surface area contributed by atoms with Gasteiger partial charge < -0.3 is 10.8 Å². The van der Waals surface area contributed by atoms with E-state index in [0.29, 0.717) is 17.7 Å². The van der Waals surface area contributed by atoms with E-state index in [-0.39, 0.29) is 11.2 Å². The number of aliphatic hydroxyl groups is 1. The van der Waals surface area contributed by atoms with Crippen molar-refractivity contribution >= 4 is 5.78 Å². The molecule has 116 valence electrons. The molecule has 3 heteroatoms. The Bertz CT molecular complexity index is 657. The third-order valence-corrected chi connectivity index (χ3v) is 3.75. The summed E-state index contributed by atoms with van der Waals surface area (Å²) in [5.74, 6) is -0.286. The van der Waals surface area contributed by atoms with E-state index in [0.717, 1.165) is 11.1 Å². The standard InChI is InChI=1S/C19H23NO2/c1-19(2,3)16-14(12-20)10-7-11-15(16)18(22)17(21)13-8-5-4-6-9-13/h4-11,17,21H,12,20H2,1-3H3. The molecule has 0 aromatic heterocycles. The third-order valence-electron chi connectivity index (χ3n) is 3.75. The van der Waals surface area contributed by atoms with Gasteiger partial charge in [0.2, 0.25) is 0 Å². The number of aliphatic hydroxyl groups excluding tert-OH is 1. The second-order valence-corrected chi connectivity index (χ2v) is 6.47. The van der Waals surface area contributed by atoms with Gasteiger partial charge in [-0.05, 0) is 22.1 Å². The molecular weight excluding hydrogens is 274 g/mol. The highest BCUT2D eigenvalue weighted by Crippen LogP contribution is 2.32. The molecule has 0 radical (unpaired) electrons. The molecule has 2 rings (SSSR count). The number of hydrogen-bond acceptors (Lipinski definition) is 3. The van der Waals surface area contributed by atoms with Crippen LogP contribution in [0.1, 0.15) is 53.9 Å². The van der Waals surface area contributed by atoms with Crippen molar-refractivity contribution in [3.63, 3.8) is 0 Å². The zero-order valence-corrected chi connectivity index (χ0v) is 13.3. The van der Waals surface area contributed by atoms with Crippen LogP contribution in [0.2, 0.25) is 0 Å². The number of ketones is 1. The second kappa shape index (κ2) is 6.42. The lowest BCUT2D eigenvalue weighted by atomic mass is 9.78. The topological polar surface area (TPSA) is 63.3 Å². The summed E-state index contributed by atoms with van der Waals surface area (Å²) in [5, 5.41) is 10.4. The summed E-state index contributed by atoms with van der Waals surface area (Å²) in [7, 11) is 0. The SMILES string of the molecule is CC(C)(C)c1c(CN)cccc1C(=O)C(O)c1ccccc1. The third kappa shape index (κ3) is 3.26. The molecule has 1 atom stereocenters. The van der Waals surface area contributed by atoms with Crippen LogP contribution in [0.3, 0.4) is 0 Å². The van der Waals surface area contributed by atoms with Gasteiger partial charge >= 0.3 is 0 Å². The number of nitrogens with two attached hydrogens (primary N) is 1. The number of hydrogen-bond donors (Lipinski definition) is 2. The van der Waals surface area contributed by atoms with Crippen molar-refractivity contribution in [2.45, 2.75) is 38.8 Å². The Morgan fingerprint density at radius 3 is 2.27 bits per heavy atom. The summed E-state index contributed by atoms with van der Waals surface area (Å²) in [6.45, 7) is 6.52. The van der Waals surface area contributed by atoms with Crippen molar-refractivity contribution in [3.05, 3.63) is 70.8 Å². The lowest BCUT2D eigenvalue weighted by Gasteiger charge is -2.26. The Kier molecular flexibility index (Phi) is 4.79. The van der Waals surface area contributed by atoms with E-state index in [2.05, 4.69) is 0 Å². The van der Waals surface area contributed by atoms with Crippen molar-refractivity contribution < 1.29 is 9.90 Å². The second-order valence-electron chi connectivity index (χ2n) is 6.47. The number of rotatable bonds is 4. The summed E-state index contributed by atoms with van der Waals surface area (Å²) >= 11 is 0. The molecule has 0 spiro atoms. The van der Waals surface area contributed by atoms with E-state index in [1.165, 1.54) is 0 Å². The van der Waals surface area contributed by atoms with E-state index in [1.54, 1.807) is 18.2 Å². The van der Waals surface area contributed by atoms with Crippen LogP contribution >= 0.6 is 0 Å². The van der Waals surface area contributed by atoms with Gasteiger partial charge in [0, 0.05) is 12.1 Å². The molecule has 0 aliphatic heterocycles. The molecule has 0 aliphatic carbocycles. The van der Waals surface area contributed by atoms with Gasteiger partial charge in [0.15, 0.2) is 5.78 Å². The number of Topliss-reactive ketones (excluding diaryl/α,β-unsaturated/α-hetero) is 1. The molecule has 0 amide bonds. The van der Waals surface area contributed by atoms with Gasteiger partial charge in [-0.1, -0.05) is 69.3 Å². The Balaban J connectivity index is 2.51. The molecule has 1 unspecified atom stereocenters. The fourth-order valence-corrected chi connectivity index (χ4v) is 2.80. The van der Waals surface area contributed by atoms with Crippen LogP contribution in [-0.4, -0.2) is 10.9 Å². The van der Waals surface area contributed by atoms with Crippen LogP contribution in [0.15, 0.2) is 48.5 Å². The molecule has 22 heavy (non-hydrogen) atoms. The van der Waals surface area contributed by atoms with Gasteiger partial charge in [-0.15, -0.1) is 0 Å². The molecule has 0 fully saturated rings. The highest BCUT2D eigenvalue weighted by Gasteiger charge is 2.28. The lowest BCUT2D eigenvalue weighted by molar-refractivity contribution is 0.0745. The monoisotopic (exact) mass is 297 g/mol. The van der Waals surface area contributed by atoms with Crippen LogP contribution < -0.4 is 5.73 Å². The Morgan fingerprint density at radius 1 is 1.09 bits per heavy atom. The van der Waals surface area contributed by atoms with Crippen LogP contribution in [-0.2, 0) is 12.0 Å². The van der Waals surface area contributed by atoms with Gasteiger partial charge in [-0.3, -0.25) is 4.79 Å². The van der Waals surface area contributed by atoms with Gasteiger partial charge in [-0.25, -0.2) is 0 Å². The van der Waals surface area contributed by atoms with Gasteiger partial charge in [0.1, 0.15) is 6.10 Å². The largest absolute Gasteiger partial charge is 0.380 e. The summed E-state index contributed by atoms with van der Waals surface area (Å²) in [6, 6.07) is 14.5. The number of carbonyl (C=O) groups excluding carboxylic acids is 1. The highest BCUT2D eigenvalue weighted by molar-refractivity contribution is 6.01. The summed E-state index contributed by atoms with van der Waals surface area (Å²) in [6.07, 6.45) is -1.16. The van der Waals surface area contributed by atoms with Crippen LogP contribution in [0, 0.1) is 0 Å². The quantitative estimate of drug-likeness (QED) is 0.851. The molecule has 0 saturated carbocycles. The van der Waals surface area contributed by atoms with Gasteiger partial charge in [-0.2, -0.15) is 0 Å². The molecule has 0 saturated heterocycles. The smallest absolute Gasteiger partial charge is 0.196 e. The normalized spacial score (nSPS) is 13.0. The summed E-state index contributed by atoms with van der Waals surface area (Å²) in [5.41, 5.74) is 8.61. The predicted octanol–water partition coefficient (Wildman–Crippen LogP) is 3.36. The molecule has 3 N–H and O–H groups in total. The molecule has 2 aromatic carbocycles. The highest BCUT2D eigenvalue weighted by atomic mass is 16.3. The van der Waals surface area contributed by atoms with Gasteiger partial charge in [0.25, 0.3) is 0 Å². The van der Waals surface area contributed by atoms with E-state index in [4.69, 9.17) is 5.73 Å². The minimum Gasteiger partial charge on any atom is -0.380 e. The molecule has 2 aromatic rings. The molecule has 0 heterocycles. The minimum atomic E-state index is -1.16. The van der Waals surface area contributed by atoms with E-state index < -0.39 is 6.10 Å². The molecule has 3 nitrogen and oxygen atoms in total. The fraction of sp³-hybridized carbons (Fsp3) is 0.316. The maximum absolute atomic E-state index is 12.8. The van der Waals surface area contributed by atoms with Crippen molar-refractivity contribution in [2.75, 3.05) is 0 Å². The predicted molar refractivity (Wildman–Crippen MR) is 88.8 cm³/mol. The first kappa shape index (κ1) is 16.4. The fourth-order valence-electron chi connectivity index (χ4n) is 2.80. The van der Waals surface area contributed by atoms with Crippen molar-refractivity contribution in [1.82, 2.24) is 0 Å². The van der Waals surface area contributed by atoms with E-state index in [9.17, 15) is 9.90 Å². The zero-order valence-electron chi connectivity index (χ0n) is 13.3. The maximum Gasteiger partial charge on any atom is 0.196 e. The van der Waals surface area contributed by atoms with Crippen LogP contribution in [0.4, 0.5) is 0 Å². The van der Waals surface area contributed by atoms with Crippen molar-refractivity contribution in [2.24, 2.45) is 5.73 Å². The van der Waals surface area contributed by atoms with Crippen LogP contribution in [0.25, 0.3) is 0 Å². The van der Waals surface area contributed by atoms with Crippen LogP contribution in [0.5, 0.6) is 0 Å². The average Bonchev–Trinajstić information content (AvgIpc) is 2.52. The first-order chi connectivity index (χ1) is 10.4. The Labute approximate surface area is 131 Å². The molecular formula is C19H23NO2. The van der Waals surface area contributed by atoms with E-state index in [1.807, 2.05) is 51.1 Å². The summed E-state index contributed by atoms with van der Waals surface area (Å²) < 4.78 is 0. The van der Waals surface area contributed by atoms with E-state index >= 15 is 0 Å². The molecule has 0 bridgehead atoms. The average molecular weight is 297 g/mol. The lowest BCUT2D eigenvalue weighted by Crippen LogP contribution is -2.23. The van der Waals surface area contributed by atoms with Crippen molar-refractivity contribution in [3.8, 4) is 0 Å².